The number of rotatable bonds is 7. The summed E-state index contributed by atoms with van der Waals surface area (Å²) >= 11 is 0. The number of anilines is 1. The predicted molar refractivity (Wildman–Crippen MR) is 128 cm³/mol. The van der Waals surface area contributed by atoms with Crippen LogP contribution < -0.4 is 16.2 Å². The number of hydrogen-bond donors (Lipinski definition) is 4. The van der Waals surface area contributed by atoms with E-state index in [0.29, 0.717) is 22.2 Å². The fourth-order valence-electron chi connectivity index (χ4n) is 4.25. The van der Waals surface area contributed by atoms with Crippen LogP contribution >= 0.6 is 0 Å². The van der Waals surface area contributed by atoms with E-state index in [2.05, 4.69) is 25.5 Å². The summed E-state index contributed by atoms with van der Waals surface area (Å²) in [5, 5.41) is 24.9. The molecule has 5 rings (SSSR count). The minimum absolute atomic E-state index is 0.0371. The molecule has 2 aliphatic rings. The molecule has 6 N–H and O–H groups in total. The van der Waals surface area contributed by atoms with Gasteiger partial charge in [-0.3, -0.25) is 0 Å². The molecular formula is C20H22N8O5S2. The van der Waals surface area contributed by atoms with Crippen LogP contribution in [-0.4, -0.2) is 68.9 Å². The molecule has 35 heavy (non-hydrogen) atoms. The number of aliphatic hydroxyl groups excluding tert-OH is 1. The number of aliphatic hydroxyl groups is 1. The number of nitrogen functional groups attached to an aromatic ring is 1. The summed E-state index contributed by atoms with van der Waals surface area (Å²) in [4.78, 5) is 7.60. The molecule has 184 valence electrons. The number of hydrogen-bond acceptors (Lipinski definition) is 11. The van der Waals surface area contributed by atoms with Crippen molar-refractivity contribution in [2.75, 3.05) is 32.1 Å². The number of aliphatic imine (C=N–C) groups is 1. The van der Waals surface area contributed by atoms with Crippen molar-refractivity contribution in [1.82, 2.24) is 14.9 Å². The fraction of sp³-hybridized carbons (Fsp3) is 0.300. The highest BCUT2D eigenvalue weighted by Crippen LogP contribution is 2.39. The lowest BCUT2D eigenvalue weighted by Gasteiger charge is -2.28. The molecule has 0 amide bonds. The van der Waals surface area contributed by atoms with Crippen LogP contribution in [-0.2, 0) is 26.4 Å². The Morgan fingerprint density at radius 1 is 1.11 bits per heavy atom. The molecule has 15 heteroatoms. The van der Waals surface area contributed by atoms with Crippen molar-refractivity contribution in [2.45, 2.75) is 21.6 Å². The molecule has 0 saturated carbocycles. The predicted octanol–water partition coefficient (Wildman–Crippen LogP) is -0.159. The van der Waals surface area contributed by atoms with Crippen LogP contribution in [0.5, 0.6) is 0 Å². The lowest BCUT2D eigenvalue weighted by Crippen LogP contribution is -2.51. The maximum atomic E-state index is 13.3. The van der Waals surface area contributed by atoms with Gasteiger partial charge in [-0.1, -0.05) is 18.2 Å². The Bertz CT molecular complexity index is 1620. The molecule has 0 aliphatic carbocycles. The number of amidine groups is 1. The highest BCUT2D eigenvalue weighted by Gasteiger charge is 2.39. The Balaban J connectivity index is 1.87. The van der Waals surface area contributed by atoms with E-state index in [1.165, 1.54) is 12.1 Å². The van der Waals surface area contributed by atoms with Crippen LogP contribution in [0.25, 0.3) is 22.2 Å². The van der Waals surface area contributed by atoms with Gasteiger partial charge in [0.25, 0.3) is 0 Å². The van der Waals surface area contributed by atoms with Gasteiger partial charge in [0, 0.05) is 25.2 Å². The number of sulfonamides is 1. The average molecular weight is 519 g/mol. The van der Waals surface area contributed by atoms with Crippen molar-refractivity contribution in [3.63, 3.8) is 0 Å². The number of imidazole rings is 1. The third-order valence-electron chi connectivity index (χ3n) is 5.99. The molecule has 0 spiro atoms. The van der Waals surface area contributed by atoms with E-state index < -0.39 is 34.9 Å². The van der Waals surface area contributed by atoms with E-state index in [1.54, 1.807) is 22.8 Å². The van der Waals surface area contributed by atoms with E-state index >= 15 is 0 Å². The summed E-state index contributed by atoms with van der Waals surface area (Å²) in [6.45, 7) is 0.399. The first kappa shape index (κ1) is 23.5. The number of para-hydroxylation sites is 1. The summed E-state index contributed by atoms with van der Waals surface area (Å²) in [5.74, 6) is 0.108. The van der Waals surface area contributed by atoms with Crippen LogP contribution in [0.1, 0.15) is 5.56 Å². The third kappa shape index (κ3) is 3.81. The summed E-state index contributed by atoms with van der Waals surface area (Å²) in [5.41, 5.74) is 7.79. The van der Waals surface area contributed by atoms with Crippen LogP contribution in [0.15, 0.2) is 55.3 Å². The van der Waals surface area contributed by atoms with E-state index in [-0.39, 0.29) is 50.3 Å². The fourth-order valence-corrected chi connectivity index (χ4v) is 7.44. The first-order valence-electron chi connectivity index (χ1n) is 10.6. The first-order chi connectivity index (χ1) is 16.6. The summed E-state index contributed by atoms with van der Waals surface area (Å²) in [7, 11) is -8.60. The topological polar surface area (TPSA) is 207 Å². The molecule has 0 atom stereocenters. The standard InChI is InChI=1S/C20H22N8O5S2/c21-20-26-17-13(2-1-3-14(17)28(20)6-7-29)12-4-5-15(34(30,31)11-8-23-9-11)18(35(22,32)33)16(12)19-24-10-25-27-19/h1-5,11,23,29H,6-10H2,(H2,21,26)(H2,22,32,33). The van der Waals surface area contributed by atoms with Crippen molar-refractivity contribution >= 4 is 42.7 Å². The van der Waals surface area contributed by atoms with Crippen molar-refractivity contribution < 1.29 is 21.9 Å². The minimum atomic E-state index is -4.56. The summed E-state index contributed by atoms with van der Waals surface area (Å²) < 4.78 is 54.1. The van der Waals surface area contributed by atoms with Gasteiger partial charge in [0.05, 0.1) is 33.3 Å². The normalized spacial score (nSPS) is 16.6. The number of nitrogens with two attached hydrogens (primary N) is 2. The van der Waals surface area contributed by atoms with Crippen molar-refractivity contribution in [1.29, 1.82) is 0 Å². The molecule has 13 nitrogen and oxygen atoms in total. The van der Waals surface area contributed by atoms with Crippen molar-refractivity contribution in [2.24, 2.45) is 20.4 Å². The van der Waals surface area contributed by atoms with Gasteiger partial charge < -0.3 is 20.7 Å². The number of azo groups is 1. The zero-order valence-corrected chi connectivity index (χ0v) is 19.9. The molecular weight excluding hydrogens is 496 g/mol. The second kappa shape index (κ2) is 8.46. The zero-order valence-electron chi connectivity index (χ0n) is 18.3. The lowest BCUT2D eigenvalue weighted by molar-refractivity contribution is 0.278. The first-order valence-corrected chi connectivity index (χ1v) is 13.7. The largest absolute Gasteiger partial charge is 0.395 e. The Labute approximate surface area is 200 Å². The second-order valence-corrected chi connectivity index (χ2v) is 11.8. The Kier molecular flexibility index (Phi) is 5.68. The Morgan fingerprint density at radius 2 is 1.89 bits per heavy atom. The average Bonchev–Trinajstić information content (AvgIpc) is 3.39. The SMILES string of the molecule is Nc1nc2c(-c3ccc(S(=O)(=O)C4CNC4)c(S(N)(=O)=O)c3C3=NCN=N3)cccc2n1CCO. The van der Waals surface area contributed by atoms with E-state index in [0.717, 1.165) is 0 Å². The Morgan fingerprint density at radius 3 is 2.49 bits per heavy atom. The maximum Gasteiger partial charge on any atom is 0.240 e. The van der Waals surface area contributed by atoms with Crippen LogP contribution in [0.2, 0.25) is 0 Å². The number of nitrogens with zero attached hydrogens (tertiary/aromatic N) is 5. The smallest absolute Gasteiger partial charge is 0.240 e. The molecule has 1 aromatic heterocycles. The van der Waals surface area contributed by atoms with Crippen LogP contribution in [0.3, 0.4) is 0 Å². The van der Waals surface area contributed by atoms with Crippen molar-refractivity contribution in [3.05, 3.63) is 35.9 Å². The Hall–Kier alpha value is -3.24. The minimum Gasteiger partial charge on any atom is -0.395 e. The van der Waals surface area contributed by atoms with E-state index in [9.17, 15) is 21.9 Å². The van der Waals surface area contributed by atoms with E-state index in [4.69, 9.17) is 10.9 Å². The number of sulfone groups is 1. The number of nitrogens with one attached hydrogen (secondary N) is 1. The van der Waals surface area contributed by atoms with Gasteiger partial charge in [-0.2, -0.15) is 5.11 Å². The van der Waals surface area contributed by atoms with Gasteiger partial charge in [-0.25, -0.2) is 32.0 Å². The van der Waals surface area contributed by atoms with Crippen LogP contribution in [0.4, 0.5) is 5.95 Å². The third-order valence-corrected chi connectivity index (χ3v) is 9.28. The number of benzene rings is 2. The molecule has 0 unspecified atom stereocenters. The number of aromatic nitrogens is 2. The molecule has 0 bridgehead atoms. The second-order valence-electron chi connectivity index (χ2n) is 8.07. The molecule has 3 aromatic rings. The molecule has 3 heterocycles. The zero-order chi connectivity index (χ0) is 25.0. The molecule has 1 saturated heterocycles. The van der Waals surface area contributed by atoms with Gasteiger partial charge in [0.15, 0.2) is 22.3 Å². The molecule has 1 fully saturated rings. The summed E-state index contributed by atoms with van der Waals surface area (Å²) in [6.07, 6.45) is 0. The quantitative estimate of drug-likeness (QED) is 0.329. The van der Waals surface area contributed by atoms with Crippen LogP contribution in [0, 0.1) is 0 Å². The highest BCUT2D eigenvalue weighted by atomic mass is 32.2. The summed E-state index contributed by atoms with van der Waals surface area (Å²) in [6, 6.07) is 7.91. The number of fused-ring (bicyclic) bond motifs is 1. The lowest BCUT2D eigenvalue weighted by atomic mass is 9.97. The monoisotopic (exact) mass is 518 g/mol. The molecule has 2 aliphatic heterocycles. The van der Waals surface area contributed by atoms with Gasteiger partial charge >= 0.3 is 0 Å². The van der Waals surface area contributed by atoms with Gasteiger partial charge in [-0.15, -0.1) is 5.11 Å². The van der Waals surface area contributed by atoms with Gasteiger partial charge in [0.1, 0.15) is 4.90 Å². The van der Waals surface area contributed by atoms with Gasteiger partial charge in [-0.05, 0) is 17.7 Å². The van der Waals surface area contributed by atoms with Gasteiger partial charge in [0.2, 0.25) is 16.0 Å². The maximum absolute atomic E-state index is 13.3. The molecule has 2 aromatic carbocycles. The van der Waals surface area contributed by atoms with E-state index in [1.807, 2.05) is 0 Å². The molecule has 0 radical (unpaired) electrons. The number of primary sulfonamides is 1. The highest BCUT2D eigenvalue weighted by molar-refractivity contribution is 7.94. The van der Waals surface area contributed by atoms with Crippen molar-refractivity contribution in [3.8, 4) is 11.1 Å².